The maximum Gasteiger partial charge on any atom is 0.243 e. The van der Waals surface area contributed by atoms with Gasteiger partial charge in [-0.2, -0.15) is 4.98 Å². The SMILES string of the molecule is Cc1ccc(CNc2n[nH]c(NCc3ccc(C)cc3)n2)cc1. The standard InChI is InChI=1S/C18H21N5/c1-13-3-7-15(8-4-13)11-19-17-21-18(23-22-17)20-12-16-9-5-14(2)6-10-16/h3-10H,11-12H2,1-2H3,(H3,19,20,21,22,23). The number of nitrogens with one attached hydrogen (secondary N) is 3. The van der Waals surface area contributed by atoms with Gasteiger partial charge in [0.2, 0.25) is 11.9 Å². The molecule has 118 valence electrons. The van der Waals surface area contributed by atoms with Crippen molar-refractivity contribution in [3.05, 3.63) is 70.8 Å². The number of rotatable bonds is 6. The Hall–Kier alpha value is -2.82. The highest BCUT2D eigenvalue weighted by Gasteiger charge is 2.02. The molecule has 0 aliphatic rings. The number of benzene rings is 2. The van der Waals surface area contributed by atoms with E-state index in [1.165, 1.54) is 22.3 Å². The van der Waals surface area contributed by atoms with Crippen LogP contribution in [-0.2, 0) is 13.1 Å². The van der Waals surface area contributed by atoms with Gasteiger partial charge in [-0.3, -0.25) is 0 Å². The van der Waals surface area contributed by atoms with E-state index in [0.717, 1.165) is 0 Å². The fraction of sp³-hybridized carbons (Fsp3) is 0.222. The van der Waals surface area contributed by atoms with Crippen LogP contribution in [0.2, 0.25) is 0 Å². The first-order valence-corrected chi connectivity index (χ1v) is 7.70. The maximum atomic E-state index is 4.39. The van der Waals surface area contributed by atoms with Gasteiger partial charge >= 0.3 is 0 Å². The van der Waals surface area contributed by atoms with Gasteiger partial charge in [-0.05, 0) is 25.0 Å². The number of nitrogens with zero attached hydrogens (tertiary/aromatic N) is 2. The third-order valence-electron chi connectivity index (χ3n) is 3.64. The summed E-state index contributed by atoms with van der Waals surface area (Å²) < 4.78 is 0. The van der Waals surface area contributed by atoms with Gasteiger partial charge in [0.1, 0.15) is 0 Å². The van der Waals surface area contributed by atoms with Gasteiger partial charge in [-0.1, -0.05) is 59.7 Å². The van der Waals surface area contributed by atoms with Gasteiger partial charge in [-0.25, -0.2) is 5.10 Å². The minimum Gasteiger partial charge on any atom is -0.350 e. The highest BCUT2D eigenvalue weighted by molar-refractivity contribution is 5.36. The Balaban J connectivity index is 1.51. The lowest BCUT2D eigenvalue weighted by molar-refractivity contribution is 1.03. The molecule has 1 aromatic heterocycles. The lowest BCUT2D eigenvalue weighted by Crippen LogP contribution is -2.02. The Morgan fingerprint density at radius 2 is 1.30 bits per heavy atom. The number of anilines is 2. The highest BCUT2D eigenvalue weighted by Crippen LogP contribution is 2.09. The van der Waals surface area contributed by atoms with Crippen LogP contribution in [0.5, 0.6) is 0 Å². The van der Waals surface area contributed by atoms with Gasteiger partial charge in [0.05, 0.1) is 0 Å². The molecule has 3 aromatic rings. The molecule has 0 unspecified atom stereocenters. The molecule has 0 saturated heterocycles. The lowest BCUT2D eigenvalue weighted by atomic mass is 10.1. The van der Waals surface area contributed by atoms with Crippen molar-refractivity contribution >= 4 is 11.9 Å². The second kappa shape index (κ2) is 6.96. The third-order valence-corrected chi connectivity index (χ3v) is 3.64. The van der Waals surface area contributed by atoms with E-state index >= 15 is 0 Å². The minimum absolute atomic E-state index is 0.594. The molecule has 3 rings (SSSR count). The summed E-state index contributed by atoms with van der Waals surface area (Å²) in [7, 11) is 0. The molecule has 0 spiro atoms. The number of aromatic nitrogens is 3. The van der Waals surface area contributed by atoms with E-state index in [1.807, 2.05) is 0 Å². The number of hydrogen-bond acceptors (Lipinski definition) is 4. The molecule has 5 nitrogen and oxygen atoms in total. The molecule has 2 aromatic carbocycles. The summed E-state index contributed by atoms with van der Waals surface area (Å²) in [6.07, 6.45) is 0. The molecule has 0 amide bonds. The van der Waals surface area contributed by atoms with E-state index in [2.05, 4.69) is 88.2 Å². The summed E-state index contributed by atoms with van der Waals surface area (Å²) in [6, 6.07) is 16.8. The minimum atomic E-state index is 0.594. The molecule has 23 heavy (non-hydrogen) atoms. The zero-order valence-electron chi connectivity index (χ0n) is 13.4. The van der Waals surface area contributed by atoms with Crippen molar-refractivity contribution in [1.29, 1.82) is 0 Å². The second-order valence-corrected chi connectivity index (χ2v) is 5.69. The van der Waals surface area contributed by atoms with Crippen LogP contribution in [-0.4, -0.2) is 15.2 Å². The zero-order chi connectivity index (χ0) is 16.1. The molecule has 1 heterocycles. The number of aryl methyl sites for hydroxylation is 2. The lowest BCUT2D eigenvalue weighted by Gasteiger charge is -2.03. The summed E-state index contributed by atoms with van der Waals surface area (Å²) in [4.78, 5) is 4.39. The van der Waals surface area contributed by atoms with Crippen molar-refractivity contribution in [1.82, 2.24) is 15.2 Å². The van der Waals surface area contributed by atoms with Crippen molar-refractivity contribution in [2.45, 2.75) is 26.9 Å². The van der Waals surface area contributed by atoms with E-state index in [4.69, 9.17) is 0 Å². The van der Waals surface area contributed by atoms with Gasteiger partial charge in [0.25, 0.3) is 0 Å². The summed E-state index contributed by atoms with van der Waals surface area (Å²) in [5, 5.41) is 13.5. The smallest absolute Gasteiger partial charge is 0.243 e. The van der Waals surface area contributed by atoms with Crippen LogP contribution < -0.4 is 10.6 Å². The monoisotopic (exact) mass is 307 g/mol. The van der Waals surface area contributed by atoms with Crippen molar-refractivity contribution in [2.24, 2.45) is 0 Å². The van der Waals surface area contributed by atoms with Gasteiger partial charge < -0.3 is 10.6 Å². The van der Waals surface area contributed by atoms with E-state index in [-0.39, 0.29) is 0 Å². The van der Waals surface area contributed by atoms with Crippen LogP contribution in [0.1, 0.15) is 22.3 Å². The molecule has 0 radical (unpaired) electrons. The number of H-pyrrole nitrogens is 1. The molecule has 3 N–H and O–H groups in total. The van der Waals surface area contributed by atoms with Crippen molar-refractivity contribution < 1.29 is 0 Å². The Morgan fingerprint density at radius 1 is 0.783 bits per heavy atom. The molecule has 0 aliphatic heterocycles. The highest BCUT2D eigenvalue weighted by atomic mass is 15.3. The maximum absolute atomic E-state index is 4.39. The first-order valence-electron chi connectivity index (χ1n) is 7.70. The summed E-state index contributed by atoms with van der Waals surface area (Å²) in [6.45, 7) is 5.58. The van der Waals surface area contributed by atoms with E-state index in [9.17, 15) is 0 Å². The number of aromatic amines is 1. The van der Waals surface area contributed by atoms with E-state index in [0.29, 0.717) is 25.0 Å². The fourth-order valence-corrected chi connectivity index (χ4v) is 2.20. The van der Waals surface area contributed by atoms with Gasteiger partial charge in [0.15, 0.2) is 0 Å². The van der Waals surface area contributed by atoms with Crippen LogP contribution in [0.15, 0.2) is 48.5 Å². The third kappa shape index (κ3) is 4.32. The predicted molar refractivity (Wildman–Crippen MR) is 93.4 cm³/mol. The first kappa shape index (κ1) is 15.1. The topological polar surface area (TPSA) is 65.6 Å². The van der Waals surface area contributed by atoms with E-state index in [1.54, 1.807) is 0 Å². The molecule has 0 saturated carbocycles. The molecular weight excluding hydrogens is 286 g/mol. The normalized spacial score (nSPS) is 10.5. The molecule has 0 bridgehead atoms. The Morgan fingerprint density at radius 3 is 1.87 bits per heavy atom. The molecule has 0 aliphatic carbocycles. The van der Waals surface area contributed by atoms with Crippen LogP contribution >= 0.6 is 0 Å². The quantitative estimate of drug-likeness (QED) is 0.650. The van der Waals surface area contributed by atoms with Crippen LogP contribution in [0.25, 0.3) is 0 Å². The zero-order valence-corrected chi connectivity index (χ0v) is 13.4. The van der Waals surface area contributed by atoms with Gasteiger partial charge in [0, 0.05) is 13.1 Å². The molecular formula is C18H21N5. The van der Waals surface area contributed by atoms with Crippen LogP contribution in [0.4, 0.5) is 11.9 Å². The Labute approximate surface area is 136 Å². The average Bonchev–Trinajstić information content (AvgIpc) is 3.02. The Bertz CT molecular complexity index is 680. The fourth-order valence-electron chi connectivity index (χ4n) is 2.20. The van der Waals surface area contributed by atoms with Crippen LogP contribution in [0, 0.1) is 13.8 Å². The summed E-state index contributed by atoms with van der Waals surface area (Å²) in [5.74, 6) is 1.26. The van der Waals surface area contributed by atoms with Crippen molar-refractivity contribution in [3.63, 3.8) is 0 Å². The Kier molecular flexibility index (Phi) is 4.57. The number of hydrogen-bond donors (Lipinski definition) is 3. The second-order valence-electron chi connectivity index (χ2n) is 5.69. The van der Waals surface area contributed by atoms with Crippen LogP contribution in [0.3, 0.4) is 0 Å². The molecule has 0 fully saturated rings. The first-order chi connectivity index (χ1) is 11.2. The van der Waals surface area contributed by atoms with Crippen molar-refractivity contribution in [2.75, 3.05) is 10.6 Å². The predicted octanol–water partition coefficient (Wildman–Crippen LogP) is 3.65. The van der Waals surface area contributed by atoms with Gasteiger partial charge in [-0.15, -0.1) is 5.10 Å². The summed E-state index contributed by atoms with van der Waals surface area (Å²) in [5.41, 5.74) is 4.93. The largest absolute Gasteiger partial charge is 0.350 e. The average molecular weight is 307 g/mol. The molecule has 5 heteroatoms. The summed E-state index contributed by atoms with van der Waals surface area (Å²) >= 11 is 0. The molecule has 0 atom stereocenters. The van der Waals surface area contributed by atoms with E-state index < -0.39 is 0 Å². The van der Waals surface area contributed by atoms with Crippen molar-refractivity contribution in [3.8, 4) is 0 Å².